The third kappa shape index (κ3) is 3.80. The first-order chi connectivity index (χ1) is 11.9. The molecule has 0 spiro atoms. The van der Waals surface area contributed by atoms with E-state index in [2.05, 4.69) is 0 Å². The number of nitrogens with zero attached hydrogens (tertiary/aromatic N) is 1. The maximum atomic E-state index is 12.0. The lowest BCUT2D eigenvalue weighted by atomic mass is 10.1. The van der Waals surface area contributed by atoms with Crippen molar-refractivity contribution in [3.8, 4) is 5.75 Å². The predicted octanol–water partition coefficient (Wildman–Crippen LogP) is 3.45. The lowest BCUT2D eigenvalue weighted by Crippen LogP contribution is -2.18. The van der Waals surface area contributed by atoms with Crippen LogP contribution in [0.1, 0.15) is 23.7 Å². The first-order valence-corrected chi connectivity index (χ1v) is 7.92. The van der Waals surface area contributed by atoms with Gasteiger partial charge in [0.05, 0.1) is 11.9 Å². The van der Waals surface area contributed by atoms with Gasteiger partial charge in [-0.05, 0) is 43.3 Å². The molecule has 2 aromatic carbocycles. The van der Waals surface area contributed by atoms with Crippen molar-refractivity contribution in [1.29, 1.82) is 0 Å². The van der Waals surface area contributed by atoms with Crippen LogP contribution in [0.2, 0.25) is 5.02 Å². The van der Waals surface area contributed by atoms with Gasteiger partial charge in [0.25, 0.3) is 0 Å². The quantitative estimate of drug-likeness (QED) is 0.396. The number of hydrogen-bond acceptors (Lipinski definition) is 5. The van der Waals surface area contributed by atoms with E-state index in [1.165, 1.54) is 11.5 Å². The van der Waals surface area contributed by atoms with E-state index in [0.29, 0.717) is 27.4 Å². The highest BCUT2D eigenvalue weighted by Gasteiger charge is 2.12. The molecule has 0 bridgehead atoms. The standard InChI is InChI=1S/C18H14ClNO5/c1-11(21)12-2-5-14(6-3-12)24-17(22)8-9-20-15-7-4-13(19)10-16(15)25-18(20)23/h2-7,10H,8-9H2,1H3. The summed E-state index contributed by atoms with van der Waals surface area (Å²) in [5, 5.41) is 0.460. The van der Waals surface area contributed by atoms with Crippen LogP contribution in [-0.2, 0) is 11.3 Å². The van der Waals surface area contributed by atoms with Crippen LogP contribution < -0.4 is 10.5 Å². The van der Waals surface area contributed by atoms with Gasteiger partial charge in [0.1, 0.15) is 5.75 Å². The van der Waals surface area contributed by atoms with Crippen LogP contribution in [0.5, 0.6) is 5.75 Å². The molecular formula is C18H14ClNO5. The number of ether oxygens (including phenoxy) is 1. The van der Waals surface area contributed by atoms with E-state index in [1.54, 1.807) is 42.5 Å². The van der Waals surface area contributed by atoms with Crippen molar-refractivity contribution in [1.82, 2.24) is 4.57 Å². The van der Waals surface area contributed by atoms with Crippen molar-refractivity contribution in [3.05, 3.63) is 63.6 Å². The normalized spacial score (nSPS) is 10.8. The number of oxazole rings is 1. The molecule has 0 saturated carbocycles. The van der Waals surface area contributed by atoms with E-state index >= 15 is 0 Å². The van der Waals surface area contributed by atoms with Crippen LogP contribution in [0.3, 0.4) is 0 Å². The van der Waals surface area contributed by atoms with E-state index in [1.807, 2.05) is 0 Å². The van der Waals surface area contributed by atoms with Crippen molar-refractivity contribution in [2.45, 2.75) is 19.9 Å². The molecule has 0 amide bonds. The van der Waals surface area contributed by atoms with E-state index < -0.39 is 11.7 Å². The zero-order chi connectivity index (χ0) is 18.0. The number of aryl methyl sites for hydroxylation is 1. The summed E-state index contributed by atoms with van der Waals surface area (Å²) in [5.41, 5.74) is 1.47. The highest BCUT2D eigenvalue weighted by atomic mass is 35.5. The largest absolute Gasteiger partial charge is 0.426 e. The van der Waals surface area contributed by atoms with Crippen LogP contribution >= 0.6 is 11.6 Å². The molecule has 0 aliphatic carbocycles. The second-order valence-electron chi connectivity index (χ2n) is 5.44. The molecule has 0 aliphatic heterocycles. The molecule has 0 aliphatic rings. The number of fused-ring (bicyclic) bond motifs is 1. The molecule has 1 heterocycles. The SMILES string of the molecule is CC(=O)c1ccc(OC(=O)CCn2c(=O)oc3cc(Cl)ccc32)cc1. The molecule has 7 heteroatoms. The third-order valence-electron chi connectivity index (χ3n) is 3.66. The van der Waals surface area contributed by atoms with Crippen LogP contribution in [0.4, 0.5) is 0 Å². The van der Waals surface area contributed by atoms with E-state index in [0.717, 1.165) is 0 Å². The monoisotopic (exact) mass is 359 g/mol. The number of ketones is 1. The summed E-state index contributed by atoms with van der Waals surface area (Å²) in [6.45, 7) is 1.58. The number of carbonyl (C=O) groups is 2. The van der Waals surface area contributed by atoms with Crippen molar-refractivity contribution < 1.29 is 18.7 Å². The van der Waals surface area contributed by atoms with Gasteiger partial charge in [-0.2, -0.15) is 0 Å². The Bertz CT molecular complexity index is 1000. The van der Waals surface area contributed by atoms with Crippen LogP contribution in [-0.4, -0.2) is 16.3 Å². The van der Waals surface area contributed by atoms with Crippen LogP contribution in [0.15, 0.2) is 51.7 Å². The summed E-state index contributed by atoms with van der Waals surface area (Å²) in [6.07, 6.45) is -0.00831. The molecule has 0 saturated heterocycles. The van der Waals surface area contributed by atoms with Crippen molar-refractivity contribution in [2.24, 2.45) is 0 Å². The van der Waals surface area contributed by atoms with Gasteiger partial charge in [0.15, 0.2) is 11.4 Å². The molecule has 25 heavy (non-hydrogen) atoms. The average molecular weight is 360 g/mol. The Hall–Kier alpha value is -2.86. The smallest absolute Gasteiger partial charge is 0.419 e. The maximum Gasteiger partial charge on any atom is 0.419 e. The number of hydrogen-bond donors (Lipinski definition) is 0. The number of Topliss-reactive ketones (excluding diaryl/α,β-unsaturated/α-hetero) is 1. The van der Waals surface area contributed by atoms with Crippen molar-refractivity contribution >= 4 is 34.5 Å². The fourth-order valence-electron chi connectivity index (χ4n) is 2.40. The molecule has 0 fully saturated rings. The summed E-state index contributed by atoms with van der Waals surface area (Å²) >= 11 is 5.86. The fourth-order valence-corrected chi connectivity index (χ4v) is 2.56. The Morgan fingerprint density at radius 1 is 1.16 bits per heavy atom. The molecule has 0 atom stereocenters. The Balaban J connectivity index is 1.67. The Morgan fingerprint density at radius 3 is 2.56 bits per heavy atom. The first kappa shape index (κ1) is 17.0. The van der Waals surface area contributed by atoms with E-state index in [-0.39, 0.29) is 18.7 Å². The van der Waals surface area contributed by atoms with Gasteiger partial charge in [0.2, 0.25) is 0 Å². The third-order valence-corrected chi connectivity index (χ3v) is 3.90. The minimum atomic E-state index is -0.559. The minimum absolute atomic E-state index is 0.00831. The second-order valence-corrected chi connectivity index (χ2v) is 5.87. The average Bonchev–Trinajstić information content (AvgIpc) is 2.87. The van der Waals surface area contributed by atoms with Gasteiger partial charge in [0, 0.05) is 23.2 Å². The van der Waals surface area contributed by atoms with Gasteiger partial charge in [-0.1, -0.05) is 11.6 Å². The number of esters is 1. The number of benzene rings is 2. The lowest BCUT2D eigenvalue weighted by molar-refractivity contribution is -0.134. The highest BCUT2D eigenvalue weighted by Crippen LogP contribution is 2.19. The molecule has 3 rings (SSSR count). The Kier molecular flexibility index (Phi) is 4.72. The molecule has 1 aromatic heterocycles. The molecular weight excluding hydrogens is 346 g/mol. The zero-order valence-corrected chi connectivity index (χ0v) is 14.1. The summed E-state index contributed by atoms with van der Waals surface area (Å²) in [4.78, 5) is 35.1. The zero-order valence-electron chi connectivity index (χ0n) is 13.3. The number of aromatic nitrogens is 1. The van der Waals surface area contributed by atoms with Gasteiger partial charge in [-0.3, -0.25) is 14.2 Å². The fraction of sp³-hybridized carbons (Fsp3) is 0.167. The Morgan fingerprint density at radius 2 is 1.88 bits per heavy atom. The van der Waals surface area contributed by atoms with E-state index in [9.17, 15) is 14.4 Å². The van der Waals surface area contributed by atoms with Gasteiger partial charge < -0.3 is 9.15 Å². The molecule has 6 nitrogen and oxygen atoms in total. The highest BCUT2D eigenvalue weighted by molar-refractivity contribution is 6.31. The predicted molar refractivity (Wildman–Crippen MR) is 92.2 cm³/mol. The topological polar surface area (TPSA) is 78.5 Å². The van der Waals surface area contributed by atoms with Gasteiger partial charge in [-0.15, -0.1) is 0 Å². The first-order valence-electron chi connectivity index (χ1n) is 7.54. The van der Waals surface area contributed by atoms with E-state index in [4.69, 9.17) is 20.8 Å². The molecule has 0 unspecified atom stereocenters. The second kappa shape index (κ2) is 6.94. The summed E-state index contributed by atoms with van der Waals surface area (Å²) in [7, 11) is 0. The van der Waals surface area contributed by atoms with Gasteiger partial charge in [-0.25, -0.2) is 4.79 Å². The number of halogens is 1. The van der Waals surface area contributed by atoms with Crippen molar-refractivity contribution in [2.75, 3.05) is 0 Å². The summed E-state index contributed by atoms with van der Waals surface area (Å²) in [6, 6.07) is 11.1. The lowest BCUT2D eigenvalue weighted by Gasteiger charge is -2.05. The van der Waals surface area contributed by atoms with Crippen LogP contribution in [0, 0.1) is 0 Å². The minimum Gasteiger partial charge on any atom is -0.426 e. The number of rotatable bonds is 5. The molecule has 0 radical (unpaired) electrons. The molecule has 0 N–H and O–H groups in total. The maximum absolute atomic E-state index is 12.0. The van der Waals surface area contributed by atoms with Gasteiger partial charge >= 0.3 is 11.7 Å². The summed E-state index contributed by atoms with van der Waals surface area (Å²) in [5.74, 6) is -0.781. The van der Waals surface area contributed by atoms with Crippen molar-refractivity contribution in [3.63, 3.8) is 0 Å². The Labute approximate surface area is 147 Å². The number of carbonyl (C=O) groups excluding carboxylic acids is 2. The molecule has 3 aromatic rings. The van der Waals surface area contributed by atoms with Crippen LogP contribution in [0.25, 0.3) is 11.1 Å². The summed E-state index contributed by atoms with van der Waals surface area (Å²) < 4.78 is 11.7. The molecule has 128 valence electrons.